The van der Waals surface area contributed by atoms with Gasteiger partial charge in [0.2, 0.25) is 0 Å². The molecular formula is C22H31N6O3PS. The van der Waals surface area contributed by atoms with E-state index in [9.17, 15) is 9.90 Å². The predicted molar refractivity (Wildman–Crippen MR) is 137 cm³/mol. The molecule has 0 saturated heterocycles. The van der Waals surface area contributed by atoms with E-state index in [0.717, 1.165) is 22.2 Å². The Morgan fingerprint density at radius 2 is 2.06 bits per heavy atom. The number of aromatic nitrogens is 2. The number of aliphatic hydroxyl groups excluding tert-OH is 2. The van der Waals surface area contributed by atoms with E-state index in [2.05, 4.69) is 25.0 Å². The van der Waals surface area contributed by atoms with Crippen LogP contribution in [0.5, 0.6) is 0 Å². The summed E-state index contributed by atoms with van der Waals surface area (Å²) in [5.74, 6) is 0.266. The van der Waals surface area contributed by atoms with E-state index in [-0.39, 0.29) is 38.0 Å². The molecule has 2 aliphatic rings. The van der Waals surface area contributed by atoms with Crippen molar-refractivity contribution >= 4 is 49.1 Å². The number of anilines is 1. The van der Waals surface area contributed by atoms with Crippen LogP contribution in [-0.4, -0.2) is 56.0 Å². The summed E-state index contributed by atoms with van der Waals surface area (Å²) in [7, 11) is 0.248. The largest absolute Gasteiger partial charge is 0.509 e. The van der Waals surface area contributed by atoms with Crippen molar-refractivity contribution in [3.8, 4) is 0 Å². The van der Waals surface area contributed by atoms with Gasteiger partial charge in [0.25, 0.3) is 5.91 Å². The quantitative estimate of drug-likeness (QED) is 0.322. The fourth-order valence-electron chi connectivity index (χ4n) is 3.79. The van der Waals surface area contributed by atoms with Crippen LogP contribution in [-0.2, 0) is 11.3 Å². The Kier molecular flexibility index (Phi) is 8.05. The van der Waals surface area contributed by atoms with Crippen LogP contribution >= 0.6 is 20.7 Å². The number of H-pyrrole nitrogens is 1. The maximum Gasteiger partial charge on any atom is 0.262 e. The summed E-state index contributed by atoms with van der Waals surface area (Å²) in [6.07, 6.45) is 5.42. The van der Waals surface area contributed by atoms with E-state index in [1.54, 1.807) is 24.2 Å². The van der Waals surface area contributed by atoms with E-state index in [0.29, 0.717) is 12.4 Å². The van der Waals surface area contributed by atoms with Crippen LogP contribution in [0.15, 0.2) is 46.9 Å². The summed E-state index contributed by atoms with van der Waals surface area (Å²) in [4.78, 5) is 19.8. The second kappa shape index (κ2) is 10.6. The lowest BCUT2D eigenvalue weighted by Gasteiger charge is -2.35. The highest BCUT2D eigenvalue weighted by Gasteiger charge is 2.47. The minimum Gasteiger partial charge on any atom is -0.509 e. The second-order valence-electron chi connectivity index (χ2n) is 8.63. The third-order valence-electron chi connectivity index (χ3n) is 5.03. The monoisotopic (exact) mass is 490 g/mol. The highest BCUT2D eigenvalue weighted by Crippen LogP contribution is 2.39. The van der Waals surface area contributed by atoms with Gasteiger partial charge in [0.1, 0.15) is 17.2 Å². The van der Waals surface area contributed by atoms with Crippen LogP contribution in [0, 0.1) is 5.41 Å². The predicted octanol–water partition coefficient (Wildman–Crippen LogP) is 3.22. The Balaban J connectivity index is 0.000000968. The summed E-state index contributed by atoms with van der Waals surface area (Å²) in [5.41, 5.74) is 2.60. The molecule has 2 aromatic rings. The number of amidine groups is 1. The summed E-state index contributed by atoms with van der Waals surface area (Å²) in [6, 6.07) is 5.49. The van der Waals surface area contributed by atoms with Gasteiger partial charge in [-0.3, -0.25) is 9.89 Å². The molecule has 2 atom stereocenters. The number of hydrogen-bond acceptors (Lipinski definition) is 8. The van der Waals surface area contributed by atoms with Crippen LogP contribution in [0.25, 0.3) is 0 Å². The van der Waals surface area contributed by atoms with Gasteiger partial charge in [0.05, 0.1) is 17.9 Å². The number of nitrogens with zero attached hydrogens (tertiary/aromatic N) is 3. The molecule has 2 unspecified atom stereocenters. The Morgan fingerprint density at radius 3 is 2.67 bits per heavy atom. The molecular weight excluding hydrogens is 459 g/mol. The molecule has 33 heavy (non-hydrogen) atoms. The number of fused-ring (bicyclic) bond motifs is 1. The van der Waals surface area contributed by atoms with Gasteiger partial charge in [0.15, 0.2) is 0 Å². The third-order valence-corrected chi connectivity index (χ3v) is 6.50. The van der Waals surface area contributed by atoms with Crippen LogP contribution in [0.2, 0.25) is 0 Å². The highest BCUT2D eigenvalue weighted by molar-refractivity contribution is 7.99. The maximum absolute atomic E-state index is 13.4. The zero-order valence-electron chi connectivity index (χ0n) is 19.4. The van der Waals surface area contributed by atoms with Gasteiger partial charge in [-0.1, -0.05) is 32.7 Å². The Labute approximate surface area is 200 Å². The van der Waals surface area contributed by atoms with Crippen molar-refractivity contribution in [1.82, 2.24) is 20.2 Å². The van der Waals surface area contributed by atoms with Gasteiger partial charge >= 0.3 is 0 Å². The Morgan fingerprint density at radius 1 is 1.33 bits per heavy atom. The number of amides is 1. The van der Waals surface area contributed by atoms with Gasteiger partial charge in [-0.15, -0.1) is 0 Å². The molecule has 1 aromatic heterocycles. The molecule has 0 spiro atoms. The molecule has 2 aliphatic heterocycles. The summed E-state index contributed by atoms with van der Waals surface area (Å²) in [6.45, 7) is 8.33. The zero-order chi connectivity index (χ0) is 24.2. The lowest BCUT2D eigenvalue weighted by atomic mass is 9.85. The van der Waals surface area contributed by atoms with Crippen molar-refractivity contribution < 1.29 is 15.0 Å². The molecule has 1 aromatic carbocycles. The fraction of sp³-hybridized carbons (Fsp3) is 0.409. The molecule has 178 valence electrons. The van der Waals surface area contributed by atoms with Crippen LogP contribution in [0.4, 0.5) is 11.4 Å². The zero-order valence-corrected chi connectivity index (χ0v) is 21.2. The van der Waals surface area contributed by atoms with Gasteiger partial charge in [-0.25, -0.2) is 4.99 Å². The lowest BCUT2D eigenvalue weighted by molar-refractivity contribution is -0.129. The van der Waals surface area contributed by atoms with Crippen molar-refractivity contribution in [3.63, 3.8) is 0 Å². The Bertz CT molecular complexity index is 1050. The summed E-state index contributed by atoms with van der Waals surface area (Å²) >= 11 is 1.53. The average molecular weight is 491 g/mol. The van der Waals surface area contributed by atoms with E-state index in [1.807, 2.05) is 45.2 Å². The average Bonchev–Trinajstić information content (AvgIpc) is 3.35. The number of nitrogens with one attached hydrogen (secondary N) is 3. The first-order chi connectivity index (χ1) is 15.7. The Hall–Kier alpha value is -2.55. The number of rotatable bonds is 5. The van der Waals surface area contributed by atoms with Gasteiger partial charge in [-0.2, -0.15) is 5.10 Å². The SMILES string of the molecule is CCO.CSNc1ccc2c(c1)PNC(C1=C(O)C(C(C)(C)C)N(Cc3cn[nH]c3)C1=O)=N2. The van der Waals surface area contributed by atoms with Gasteiger partial charge < -0.3 is 24.9 Å². The highest BCUT2D eigenvalue weighted by atomic mass is 32.2. The van der Waals surface area contributed by atoms with Crippen molar-refractivity contribution in [3.05, 3.63) is 47.5 Å². The van der Waals surface area contributed by atoms with E-state index >= 15 is 0 Å². The second-order valence-corrected chi connectivity index (χ2v) is 10.3. The number of aliphatic imine (C=N–C) groups is 1. The number of carbonyl (C=O) groups is 1. The lowest BCUT2D eigenvalue weighted by Crippen LogP contribution is -2.43. The first kappa shape index (κ1) is 25.1. The van der Waals surface area contributed by atoms with E-state index < -0.39 is 6.04 Å². The van der Waals surface area contributed by atoms with E-state index in [4.69, 9.17) is 5.11 Å². The fourth-order valence-corrected chi connectivity index (χ4v) is 5.08. The van der Waals surface area contributed by atoms with E-state index in [1.165, 1.54) is 11.9 Å². The molecule has 4 rings (SSSR count). The van der Waals surface area contributed by atoms with Crippen molar-refractivity contribution in [1.29, 1.82) is 0 Å². The summed E-state index contributed by atoms with van der Waals surface area (Å²) in [5, 5.41) is 29.8. The number of benzene rings is 1. The van der Waals surface area contributed by atoms with Crippen LogP contribution in [0.3, 0.4) is 0 Å². The maximum atomic E-state index is 13.4. The molecule has 1 amide bonds. The number of aromatic amines is 1. The number of aliphatic hydroxyl groups is 2. The smallest absolute Gasteiger partial charge is 0.262 e. The molecule has 0 aliphatic carbocycles. The first-order valence-corrected chi connectivity index (χ1v) is 12.8. The van der Waals surface area contributed by atoms with Gasteiger partial charge in [0, 0.05) is 50.9 Å². The molecule has 0 radical (unpaired) electrons. The normalized spacial score (nSPS) is 18.5. The van der Waals surface area contributed by atoms with Crippen molar-refractivity contribution in [2.45, 2.75) is 40.3 Å². The van der Waals surface area contributed by atoms with Crippen LogP contribution in [0.1, 0.15) is 33.3 Å². The summed E-state index contributed by atoms with van der Waals surface area (Å²) < 4.78 is 3.21. The molecule has 0 bridgehead atoms. The standard InChI is InChI=1S/C20H25N6O2PS.C2H6O/c1-20(2,3)17-16(27)15(19(28)26(17)10-11-8-21-22-9-11)18-23-13-6-5-12(25-30-4)7-14(13)29-24-18;1-2-3/h5-9,17,25,27,29H,10H2,1-4H3,(H,21,22)(H,23,24);3H,2H2,1H3. The number of hydrogen-bond donors (Lipinski definition) is 5. The molecule has 0 saturated carbocycles. The third kappa shape index (κ3) is 5.51. The number of carbonyl (C=O) groups excluding carboxylic acids is 1. The topological polar surface area (TPSA) is 126 Å². The van der Waals surface area contributed by atoms with Crippen molar-refractivity contribution in [2.75, 3.05) is 17.6 Å². The molecule has 11 heteroatoms. The van der Waals surface area contributed by atoms with Crippen LogP contribution < -0.4 is 15.1 Å². The van der Waals surface area contributed by atoms with Gasteiger partial charge in [-0.05, 0) is 30.5 Å². The molecule has 5 N–H and O–H groups in total. The first-order valence-electron chi connectivity index (χ1n) is 10.6. The van der Waals surface area contributed by atoms with Crippen molar-refractivity contribution in [2.24, 2.45) is 10.4 Å². The minimum absolute atomic E-state index is 0.0659. The minimum atomic E-state index is -0.447. The molecule has 0 fully saturated rings. The molecule has 9 nitrogen and oxygen atoms in total. The molecule has 3 heterocycles.